The first kappa shape index (κ1) is 11.1. The van der Waals surface area contributed by atoms with Crippen molar-refractivity contribution in [2.24, 2.45) is 0 Å². The Labute approximate surface area is 101 Å². The summed E-state index contributed by atoms with van der Waals surface area (Å²) < 4.78 is 0. The Morgan fingerprint density at radius 2 is 2.44 bits per heavy atom. The molecule has 2 heterocycles. The SMILES string of the molecule is CN(Cc1ccsc1)c1ncc(C(=O)O)s1. The molecule has 2 rings (SSSR count). The maximum atomic E-state index is 10.7. The van der Waals surface area contributed by atoms with Gasteiger partial charge >= 0.3 is 5.97 Å². The van der Waals surface area contributed by atoms with E-state index in [1.54, 1.807) is 11.3 Å². The van der Waals surface area contributed by atoms with Crippen molar-refractivity contribution >= 4 is 33.8 Å². The number of hydrogen-bond acceptors (Lipinski definition) is 5. The van der Waals surface area contributed by atoms with Crippen LogP contribution in [-0.4, -0.2) is 23.1 Å². The van der Waals surface area contributed by atoms with Gasteiger partial charge in [-0.1, -0.05) is 11.3 Å². The van der Waals surface area contributed by atoms with Crippen LogP contribution in [0.15, 0.2) is 23.0 Å². The van der Waals surface area contributed by atoms with Gasteiger partial charge in [-0.05, 0) is 22.4 Å². The van der Waals surface area contributed by atoms with Crippen LogP contribution in [-0.2, 0) is 6.54 Å². The summed E-state index contributed by atoms with van der Waals surface area (Å²) >= 11 is 2.84. The number of thiophene rings is 1. The van der Waals surface area contributed by atoms with Gasteiger partial charge in [-0.2, -0.15) is 11.3 Å². The molecular formula is C10H10N2O2S2. The topological polar surface area (TPSA) is 53.4 Å². The Morgan fingerprint density at radius 3 is 3.00 bits per heavy atom. The van der Waals surface area contributed by atoms with Gasteiger partial charge in [0.25, 0.3) is 0 Å². The number of carboxylic acids is 1. The molecule has 2 aromatic rings. The Bertz CT molecular complexity index is 479. The quantitative estimate of drug-likeness (QED) is 0.911. The summed E-state index contributed by atoms with van der Waals surface area (Å²) in [6.07, 6.45) is 1.40. The van der Waals surface area contributed by atoms with E-state index in [9.17, 15) is 4.79 Å². The van der Waals surface area contributed by atoms with Gasteiger partial charge in [0.1, 0.15) is 4.88 Å². The zero-order chi connectivity index (χ0) is 11.5. The summed E-state index contributed by atoms with van der Waals surface area (Å²) in [6.45, 7) is 0.746. The van der Waals surface area contributed by atoms with Crippen LogP contribution in [0.2, 0.25) is 0 Å². The number of anilines is 1. The minimum atomic E-state index is -0.923. The Morgan fingerprint density at radius 1 is 1.62 bits per heavy atom. The van der Waals surface area contributed by atoms with E-state index in [-0.39, 0.29) is 4.88 Å². The van der Waals surface area contributed by atoms with Gasteiger partial charge in [-0.25, -0.2) is 9.78 Å². The summed E-state index contributed by atoms with van der Waals surface area (Å²) in [5.41, 5.74) is 1.21. The first-order valence-electron chi connectivity index (χ1n) is 4.58. The molecule has 0 spiro atoms. The summed E-state index contributed by atoms with van der Waals surface area (Å²) in [4.78, 5) is 17.0. The molecule has 6 heteroatoms. The Kier molecular flexibility index (Phi) is 3.21. The molecule has 0 radical (unpaired) electrons. The van der Waals surface area contributed by atoms with Crippen LogP contribution in [0.3, 0.4) is 0 Å². The van der Waals surface area contributed by atoms with Crippen molar-refractivity contribution in [3.8, 4) is 0 Å². The number of hydrogen-bond donors (Lipinski definition) is 1. The standard InChI is InChI=1S/C10H10N2O2S2/c1-12(5-7-2-3-15-6-7)10-11-4-8(16-10)9(13)14/h2-4,6H,5H2,1H3,(H,13,14). The molecule has 0 saturated carbocycles. The molecule has 0 fully saturated rings. The lowest BCUT2D eigenvalue weighted by molar-refractivity contribution is 0.0702. The molecule has 0 aliphatic rings. The van der Waals surface area contributed by atoms with Gasteiger partial charge in [-0.3, -0.25) is 0 Å². The summed E-state index contributed by atoms with van der Waals surface area (Å²) in [6, 6.07) is 2.05. The molecule has 0 aromatic carbocycles. The van der Waals surface area contributed by atoms with Crippen molar-refractivity contribution < 1.29 is 9.90 Å². The number of thiazole rings is 1. The molecule has 0 aliphatic carbocycles. The molecule has 84 valence electrons. The smallest absolute Gasteiger partial charge is 0.347 e. The monoisotopic (exact) mass is 254 g/mol. The molecule has 1 N–H and O–H groups in total. The highest BCUT2D eigenvalue weighted by Crippen LogP contribution is 2.23. The molecule has 0 unspecified atom stereocenters. The molecule has 0 atom stereocenters. The first-order valence-corrected chi connectivity index (χ1v) is 6.34. The van der Waals surface area contributed by atoms with E-state index in [4.69, 9.17) is 5.11 Å². The molecule has 16 heavy (non-hydrogen) atoms. The number of carbonyl (C=O) groups is 1. The van der Waals surface area contributed by atoms with Crippen molar-refractivity contribution in [2.75, 3.05) is 11.9 Å². The maximum Gasteiger partial charge on any atom is 0.347 e. The lowest BCUT2D eigenvalue weighted by Gasteiger charge is -2.14. The average Bonchev–Trinajstić information content (AvgIpc) is 2.86. The molecule has 0 amide bonds. The molecule has 0 saturated heterocycles. The number of aromatic carboxylic acids is 1. The fraction of sp³-hybridized carbons (Fsp3) is 0.200. The summed E-state index contributed by atoms with van der Waals surface area (Å²) in [5.74, 6) is -0.923. The number of nitrogens with zero attached hydrogens (tertiary/aromatic N) is 2. The predicted molar refractivity (Wildman–Crippen MR) is 65.5 cm³/mol. The lowest BCUT2D eigenvalue weighted by Crippen LogP contribution is -2.15. The third-order valence-corrected chi connectivity index (χ3v) is 3.86. The molecule has 0 aliphatic heterocycles. The second kappa shape index (κ2) is 4.63. The second-order valence-electron chi connectivity index (χ2n) is 3.30. The Balaban J connectivity index is 2.08. The zero-order valence-corrected chi connectivity index (χ0v) is 10.2. The van der Waals surface area contributed by atoms with E-state index >= 15 is 0 Å². The first-order chi connectivity index (χ1) is 7.66. The second-order valence-corrected chi connectivity index (χ2v) is 5.09. The van der Waals surface area contributed by atoms with Crippen molar-refractivity contribution in [2.45, 2.75) is 6.54 Å². The van der Waals surface area contributed by atoms with Crippen LogP contribution in [0.1, 0.15) is 15.2 Å². The average molecular weight is 254 g/mol. The number of rotatable bonds is 4. The molecule has 0 bridgehead atoms. The van der Waals surface area contributed by atoms with E-state index in [1.807, 2.05) is 23.4 Å². The van der Waals surface area contributed by atoms with Gasteiger partial charge in [0.05, 0.1) is 6.20 Å². The van der Waals surface area contributed by atoms with Crippen molar-refractivity contribution in [3.05, 3.63) is 33.5 Å². The van der Waals surface area contributed by atoms with E-state index in [2.05, 4.69) is 10.4 Å². The minimum absolute atomic E-state index is 0.271. The zero-order valence-electron chi connectivity index (χ0n) is 8.58. The number of aromatic nitrogens is 1. The normalized spacial score (nSPS) is 10.3. The van der Waals surface area contributed by atoms with Gasteiger partial charge < -0.3 is 10.0 Å². The maximum absolute atomic E-state index is 10.7. The van der Waals surface area contributed by atoms with Gasteiger partial charge in [0.15, 0.2) is 5.13 Å². The molecule has 2 aromatic heterocycles. The van der Waals surface area contributed by atoms with Gasteiger partial charge in [0, 0.05) is 13.6 Å². The Hall–Kier alpha value is -1.40. The third kappa shape index (κ3) is 2.40. The van der Waals surface area contributed by atoms with Crippen LogP contribution in [0.25, 0.3) is 0 Å². The summed E-state index contributed by atoms with van der Waals surface area (Å²) in [7, 11) is 1.90. The van der Waals surface area contributed by atoms with Crippen LogP contribution in [0.5, 0.6) is 0 Å². The van der Waals surface area contributed by atoms with E-state index in [0.29, 0.717) is 0 Å². The van der Waals surface area contributed by atoms with Crippen molar-refractivity contribution in [1.29, 1.82) is 0 Å². The predicted octanol–water partition coefficient (Wildman–Crippen LogP) is 2.54. The fourth-order valence-corrected chi connectivity index (χ4v) is 2.64. The van der Waals surface area contributed by atoms with Crippen LogP contribution < -0.4 is 4.90 Å². The largest absolute Gasteiger partial charge is 0.477 e. The van der Waals surface area contributed by atoms with Crippen molar-refractivity contribution in [1.82, 2.24) is 4.98 Å². The van der Waals surface area contributed by atoms with E-state index in [0.717, 1.165) is 11.7 Å². The molecule has 4 nitrogen and oxygen atoms in total. The van der Waals surface area contributed by atoms with Gasteiger partial charge in [-0.15, -0.1) is 0 Å². The fourth-order valence-electron chi connectivity index (χ4n) is 1.26. The highest BCUT2D eigenvalue weighted by molar-refractivity contribution is 7.17. The highest BCUT2D eigenvalue weighted by atomic mass is 32.1. The highest BCUT2D eigenvalue weighted by Gasteiger charge is 2.11. The molecular weight excluding hydrogens is 244 g/mol. The van der Waals surface area contributed by atoms with E-state index in [1.165, 1.54) is 23.1 Å². The summed E-state index contributed by atoms with van der Waals surface area (Å²) in [5, 5.41) is 13.6. The van der Waals surface area contributed by atoms with Crippen LogP contribution in [0.4, 0.5) is 5.13 Å². The van der Waals surface area contributed by atoms with Gasteiger partial charge in [0.2, 0.25) is 0 Å². The lowest BCUT2D eigenvalue weighted by atomic mass is 10.3. The number of carboxylic acid groups (broad SMARTS) is 1. The van der Waals surface area contributed by atoms with Crippen molar-refractivity contribution in [3.63, 3.8) is 0 Å². The van der Waals surface area contributed by atoms with E-state index < -0.39 is 5.97 Å². The van der Waals surface area contributed by atoms with Crippen LogP contribution >= 0.6 is 22.7 Å². The minimum Gasteiger partial charge on any atom is -0.477 e. The third-order valence-electron chi connectivity index (χ3n) is 2.03. The van der Waals surface area contributed by atoms with Crippen LogP contribution in [0, 0.1) is 0 Å².